The van der Waals surface area contributed by atoms with Crippen LogP contribution in [0.3, 0.4) is 0 Å². The SMILES string of the molecule is c1cc(-c2c(-c3nc4ccccc4o3)cc(-c3nc4ccccc4o3)c(-c3nc4ccccc4o3)c2-c2cccc(N3c4ccccc4Sc4ccccc43)c2)cc(N2c3ccccc3Sc3ccccc32)c1. The molecule has 8 nitrogen and oxygen atoms in total. The van der Waals surface area contributed by atoms with Gasteiger partial charge in [-0.05, 0) is 126 Å². The lowest BCUT2D eigenvalue weighted by Gasteiger charge is -2.33. The fraction of sp³-hybridized carbons (Fsp3) is 0. The molecule has 10 aromatic carbocycles. The Labute approximate surface area is 427 Å². The van der Waals surface area contributed by atoms with Crippen LogP contribution in [0.5, 0.6) is 0 Å². The molecule has 2 aliphatic heterocycles. The molecule has 0 aliphatic carbocycles. The molecule has 15 rings (SSSR count). The Kier molecular flexibility index (Phi) is 9.57. The van der Waals surface area contributed by atoms with Crippen LogP contribution in [0, 0.1) is 0 Å². The fourth-order valence-electron chi connectivity index (χ4n) is 10.4. The maximum absolute atomic E-state index is 6.93. The number of para-hydroxylation sites is 10. The second kappa shape index (κ2) is 16.8. The smallest absolute Gasteiger partial charge is 0.228 e. The summed E-state index contributed by atoms with van der Waals surface area (Å²) in [6.45, 7) is 0. The third-order valence-electron chi connectivity index (χ3n) is 13.5. The van der Waals surface area contributed by atoms with Gasteiger partial charge in [0, 0.05) is 47.6 Å². The van der Waals surface area contributed by atoms with Gasteiger partial charge in [-0.15, -0.1) is 0 Å². The first-order valence-corrected chi connectivity index (χ1v) is 25.6. The van der Waals surface area contributed by atoms with Gasteiger partial charge in [-0.1, -0.05) is 133 Å². The predicted molar refractivity (Wildman–Crippen MR) is 294 cm³/mol. The highest BCUT2D eigenvalue weighted by molar-refractivity contribution is 8.00. The van der Waals surface area contributed by atoms with Crippen LogP contribution in [0.25, 0.3) is 89.9 Å². The van der Waals surface area contributed by atoms with Crippen LogP contribution in [0.2, 0.25) is 0 Å². The summed E-state index contributed by atoms with van der Waals surface area (Å²) in [5.41, 5.74) is 16.2. The van der Waals surface area contributed by atoms with Crippen molar-refractivity contribution in [3.8, 4) is 56.6 Å². The number of nitrogens with zero attached hydrogens (tertiary/aromatic N) is 5. The Hall–Kier alpha value is -9.09. The van der Waals surface area contributed by atoms with Gasteiger partial charge in [-0.25, -0.2) is 15.0 Å². The van der Waals surface area contributed by atoms with Crippen molar-refractivity contribution >= 4 is 90.9 Å². The maximum Gasteiger partial charge on any atom is 0.228 e. The Balaban J connectivity index is 1.08. The van der Waals surface area contributed by atoms with Gasteiger partial charge in [-0.2, -0.15) is 0 Å². The predicted octanol–water partition coefficient (Wildman–Crippen LogP) is 18.3. The topological polar surface area (TPSA) is 84.6 Å². The molecule has 0 unspecified atom stereocenters. The number of anilines is 6. The standard InChI is InChI=1S/C63H37N5O3S2/c1-8-28-51-44(21-1)64-61(69-51)42-37-43(62-65-45-22-2-9-29-52(45)70-62)60(63-66-46-23-3-10-30-53(46)71-63)59(39-18-16-20-41(36-39)68-49-26-6-13-33-56(49)73-57-34-14-7-27-50(57)68)58(42)38-17-15-19-40(35-38)67-47-24-4-11-31-54(47)72-55-32-12-5-25-48(55)67/h1-37H. The highest BCUT2D eigenvalue weighted by atomic mass is 32.2. The van der Waals surface area contributed by atoms with E-state index in [0.29, 0.717) is 45.5 Å². The van der Waals surface area contributed by atoms with Crippen molar-refractivity contribution < 1.29 is 13.3 Å². The van der Waals surface area contributed by atoms with Crippen molar-refractivity contribution in [3.63, 3.8) is 0 Å². The summed E-state index contributed by atoms with van der Waals surface area (Å²) >= 11 is 3.58. The van der Waals surface area contributed by atoms with E-state index in [1.807, 2.05) is 72.8 Å². The average Bonchev–Trinajstić information content (AvgIpc) is 4.21. The van der Waals surface area contributed by atoms with E-state index < -0.39 is 0 Å². The second-order valence-electron chi connectivity index (χ2n) is 17.9. The molecule has 0 atom stereocenters. The van der Waals surface area contributed by atoms with Crippen LogP contribution in [0.4, 0.5) is 34.1 Å². The quantitative estimate of drug-likeness (QED) is 0.154. The highest BCUT2D eigenvalue weighted by Gasteiger charge is 2.33. The summed E-state index contributed by atoms with van der Waals surface area (Å²) in [5.74, 6) is 1.27. The van der Waals surface area contributed by atoms with Crippen LogP contribution in [-0.4, -0.2) is 15.0 Å². The van der Waals surface area contributed by atoms with Gasteiger partial charge in [0.25, 0.3) is 0 Å². The van der Waals surface area contributed by atoms with Crippen LogP contribution in [-0.2, 0) is 0 Å². The first kappa shape index (κ1) is 41.7. The lowest BCUT2D eigenvalue weighted by molar-refractivity contribution is 0.610. The second-order valence-corrected chi connectivity index (χ2v) is 20.1. The van der Waals surface area contributed by atoms with Crippen molar-refractivity contribution in [1.82, 2.24) is 15.0 Å². The largest absolute Gasteiger partial charge is 0.436 e. The van der Waals surface area contributed by atoms with Crippen LogP contribution in [0.15, 0.2) is 257 Å². The van der Waals surface area contributed by atoms with Gasteiger partial charge < -0.3 is 23.1 Å². The molecule has 5 heterocycles. The molecule has 0 fully saturated rings. The van der Waals surface area contributed by atoms with Crippen LogP contribution < -0.4 is 9.80 Å². The third kappa shape index (κ3) is 6.90. The van der Waals surface area contributed by atoms with Crippen molar-refractivity contribution in [2.24, 2.45) is 0 Å². The minimum absolute atomic E-state index is 0.406. The van der Waals surface area contributed by atoms with E-state index in [0.717, 1.165) is 78.5 Å². The number of hydrogen-bond donors (Lipinski definition) is 0. The van der Waals surface area contributed by atoms with E-state index in [-0.39, 0.29) is 0 Å². The fourth-order valence-corrected chi connectivity index (χ4v) is 12.5. The summed E-state index contributed by atoms with van der Waals surface area (Å²) in [4.78, 5) is 25.2. The normalized spacial score (nSPS) is 12.8. The Morgan fingerprint density at radius 3 is 1.10 bits per heavy atom. The molecule has 73 heavy (non-hydrogen) atoms. The number of rotatable bonds is 7. The zero-order valence-electron chi connectivity index (χ0n) is 38.6. The van der Waals surface area contributed by atoms with Crippen molar-refractivity contribution in [1.29, 1.82) is 0 Å². The Bertz CT molecular complexity index is 4160. The minimum atomic E-state index is 0.406. The van der Waals surface area contributed by atoms with Gasteiger partial charge >= 0.3 is 0 Å². The molecular weight excluding hydrogens is 939 g/mol. The molecule has 0 spiro atoms. The molecule has 0 bridgehead atoms. The number of benzene rings is 10. The molecule has 0 saturated heterocycles. The molecule has 13 aromatic rings. The van der Waals surface area contributed by atoms with E-state index in [4.69, 9.17) is 28.2 Å². The summed E-state index contributed by atoms with van der Waals surface area (Å²) < 4.78 is 20.6. The van der Waals surface area contributed by atoms with E-state index in [1.54, 1.807) is 23.5 Å². The van der Waals surface area contributed by atoms with E-state index >= 15 is 0 Å². The Morgan fingerprint density at radius 2 is 0.658 bits per heavy atom. The molecule has 3 aromatic heterocycles. The lowest BCUT2D eigenvalue weighted by Crippen LogP contribution is -2.15. The monoisotopic (exact) mass is 975 g/mol. The summed E-state index contributed by atoms with van der Waals surface area (Å²) in [5, 5.41) is 0. The molecule has 0 radical (unpaired) electrons. The van der Waals surface area contributed by atoms with E-state index in [1.165, 1.54) is 19.6 Å². The molecule has 344 valence electrons. The number of aromatic nitrogens is 3. The zero-order chi connectivity index (χ0) is 48.0. The number of hydrogen-bond acceptors (Lipinski definition) is 10. The third-order valence-corrected chi connectivity index (χ3v) is 15.8. The van der Waals surface area contributed by atoms with E-state index in [2.05, 4.69) is 161 Å². The first-order chi connectivity index (χ1) is 36.2. The van der Waals surface area contributed by atoms with Crippen LogP contribution >= 0.6 is 23.5 Å². The summed E-state index contributed by atoms with van der Waals surface area (Å²) in [6, 6.07) is 77.7. The minimum Gasteiger partial charge on any atom is -0.436 e. The maximum atomic E-state index is 6.93. The molecular formula is C63H37N5O3S2. The van der Waals surface area contributed by atoms with Gasteiger partial charge in [-0.3, -0.25) is 0 Å². The van der Waals surface area contributed by atoms with Crippen molar-refractivity contribution in [2.75, 3.05) is 9.80 Å². The molecule has 0 saturated carbocycles. The average molecular weight is 976 g/mol. The zero-order valence-corrected chi connectivity index (χ0v) is 40.3. The first-order valence-electron chi connectivity index (χ1n) is 24.0. The molecule has 10 heteroatoms. The van der Waals surface area contributed by atoms with Crippen LogP contribution in [0.1, 0.15) is 0 Å². The lowest BCUT2D eigenvalue weighted by atomic mass is 9.83. The summed E-state index contributed by atoms with van der Waals surface area (Å²) in [6.07, 6.45) is 0. The molecule has 2 aliphatic rings. The van der Waals surface area contributed by atoms with Gasteiger partial charge in [0.05, 0.1) is 33.9 Å². The number of oxazole rings is 3. The highest BCUT2D eigenvalue weighted by Crippen LogP contribution is 2.56. The van der Waals surface area contributed by atoms with Gasteiger partial charge in [0.2, 0.25) is 17.7 Å². The Morgan fingerprint density at radius 1 is 0.301 bits per heavy atom. The summed E-state index contributed by atoms with van der Waals surface area (Å²) in [7, 11) is 0. The molecule has 0 N–H and O–H groups in total. The van der Waals surface area contributed by atoms with Crippen molar-refractivity contribution in [2.45, 2.75) is 19.6 Å². The number of fused-ring (bicyclic) bond motifs is 7. The van der Waals surface area contributed by atoms with Gasteiger partial charge in [0.15, 0.2) is 16.7 Å². The van der Waals surface area contributed by atoms with Gasteiger partial charge in [0.1, 0.15) is 16.6 Å². The van der Waals surface area contributed by atoms with Crippen molar-refractivity contribution in [3.05, 3.63) is 224 Å². The molecule has 0 amide bonds. The van der Waals surface area contributed by atoms with E-state index in [9.17, 15) is 0 Å².